The molecule has 1 nitrogen and oxygen atoms in total. The van der Waals surface area contributed by atoms with Crippen molar-refractivity contribution in [1.82, 2.24) is 0 Å². The van der Waals surface area contributed by atoms with Gasteiger partial charge in [-0.05, 0) is 36.5 Å². The zero-order chi connectivity index (χ0) is 10.2. The third kappa shape index (κ3) is 1.67. The highest BCUT2D eigenvalue weighted by atomic mass is 35.5. The van der Waals surface area contributed by atoms with Crippen molar-refractivity contribution < 1.29 is 0 Å². The first kappa shape index (κ1) is 10.0. The summed E-state index contributed by atoms with van der Waals surface area (Å²) in [6, 6.07) is 7.95. The molecule has 2 N–H and O–H groups in total. The van der Waals surface area contributed by atoms with Gasteiger partial charge in [0, 0.05) is 10.6 Å². The van der Waals surface area contributed by atoms with Crippen LogP contribution in [0.4, 0.5) is 0 Å². The van der Waals surface area contributed by atoms with Gasteiger partial charge in [0.05, 0.1) is 0 Å². The molecule has 14 heavy (non-hydrogen) atoms. The van der Waals surface area contributed by atoms with Crippen molar-refractivity contribution in [2.24, 2.45) is 11.7 Å². The molecule has 1 aromatic rings. The second-order valence-corrected chi connectivity index (χ2v) is 4.67. The van der Waals surface area contributed by atoms with Crippen LogP contribution in [0.2, 0.25) is 5.02 Å². The summed E-state index contributed by atoms with van der Waals surface area (Å²) < 4.78 is 0. The molecule has 0 bridgehead atoms. The maximum absolute atomic E-state index is 6.31. The first-order valence-corrected chi connectivity index (χ1v) is 5.59. The molecule has 1 fully saturated rings. The van der Waals surface area contributed by atoms with Gasteiger partial charge in [-0.1, -0.05) is 37.1 Å². The Morgan fingerprint density at radius 3 is 2.64 bits per heavy atom. The van der Waals surface area contributed by atoms with Gasteiger partial charge in [-0.25, -0.2) is 0 Å². The summed E-state index contributed by atoms with van der Waals surface area (Å²) in [5.74, 6) is 0.675. The van der Waals surface area contributed by atoms with Crippen LogP contribution in [0.15, 0.2) is 24.3 Å². The minimum Gasteiger partial charge on any atom is -0.321 e. The highest BCUT2D eigenvalue weighted by Gasteiger charge is 2.50. The zero-order valence-corrected chi connectivity index (χ0v) is 9.22. The van der Waals surface area contributed by atoms with Gasteiger partial charge >= 0.3 is 0 Å². The van der Waals surface area contributed by atoms with Crippen LogP contribution in [0.5, 0.6) is 0 Å². The predicted molar refractivity (Wildman–Crippen MR) is 60.3 cm³/mol. The molecule has 1 aliphatic rings. The smallest absolute Gasteiger partial charge is 0.0442 e. The van der Waals surface area contributed by atoms with Crippen molar-refractivity contribution in [3.05, 3.63) is 34.9 Å². The summed E-state index contributed by atoms with van der Waals surface area (Å²) in [5.41, 5.74) is 7.49. The molecule has 1 aromatic carbocycles. The molecular formula is C12H16ClN. The Labute approximate surface area is 90.3 Å². The van der Waals surface area contributed by atoms with Crippen molar-refractivity contribution in [1.29, 1.82) is 0 Å². The summed E-state index contributed by atoms with van der Waals surface area (Å²) in [5, 5.41) is 0.782. The van der Waals surface area contributed by atoms with Crippen LogP contribution in [0.1, 0.15) is 31.7 Å². The Bertz CT molecular complexity index is 320. The average molecular weight is 210 g/mol. The summed E-state index contributed by atoms with van der Waals surface area (Å²) in [6.07, 6.45) is 3.58. The topological polar surface area (TPSA) is 26.0 Å². The van der Waals surface area contributed by atoms with Gasteiger partial charge in [0.2, 0.25) is 0 Å². The van der Waals surface area contributed by atoms with Gasteiger partial charge in [0.1, 0.15) is 0 Å². The molecule has 0 amide bonds. The molecular weight excluding hydrogens is 194 g/mol. The largest absolute Gasteiger partial charge is 0.321 e. The molecule has 0 aromatic heterocycles. The van der Waals surface area contributed by atoms with Crippen molar-refractivity contribution >= 4 is 11.6 Å². The van der Waals surface area contributed by atoms with Crippen LogP contribution >= 0.6 is 11.6 Å². The van der Waals surface area contributed by atoms with E-state index in [4.69, 9.17) is 17.3 Å². The number of nitrogens with two attached hydrogens (primary N) is 1. The number of hydrogen-bond donors (Lipinski definition) is 1. The van der Waals surface area contributed by atoms with Gasteiger partial charge in [-0.2, -0.15) is 0 Å². The summed E-state index contributed by atoms with van der Waals surface area (Å²) in [4.78, 5) is 0. The summed E-state index contributed by atoms with van der Waals surface area (Å²) in [6.45, 7) is 2.21. The Balaban J connectivity index is 2.13. The molecule has 0 spiro atoms. The van der Waals surface area contributed by atoms with Gasteiger partial charge in [-0.3, -0.25) is 0 Å². The molecule has 2 rings (SSSR count). The first-order valence-electron chi connectivity index (χ1n) is 5.21. The molecule has 2 heteroatoms. The van der Waals surface area contributed by atoms with Crippen molar-refractivity contribution in [3.63, 3.8) is 0 Å². The Hall–Kier alpha value is -0.530. The number of halogens is 1. The highest BCUT2D eigenvalue weighted by Crippen LogP contribution is 2.52. The lowest BCUT2D eigenvalue weighted by molar-refractivity contribution is 0.583. The Morgan fingerprint density at radius 2 is 2.07 bits per heavy atom. The minimum atomic E-state index is -0.0550. The fourth-order valence-corrected chi connectivity index (χ4v) is 2.30. The van der Waals surface area contributed by atoms with Crippen LogP contribution in [-0.2, 0) is 5.54 Å². The molecule has 2 atom stereocenters. The maximum Gasteiger partial charge on any atom is 0.0442 e. The van der Waals surface area contributed by atoms with Crippen LogP contribution < -0.4 is 5.73 Å². The third-order valence-electron chi connectivity index (χ3n) is 3.17. The van der Waals surface area contributed by atoms with Crippen LogP contribution in [0, 0.1) is 5.92 Å². The lowest BCUT2D eigenvalue weighted by atomic mass is 10.0. The molecule has 0 aliphatic heterocycles. The quantitative estimate of drug-likeness (QED) is 0.812. The van der Waals surface area contributed by atoms with Gasteiger partial charge in [0.25, 0.3) is 0 Å². The molecule has 0 heterocycles. The van der Waals surface area contributed by atoms with E-state index in [-0.39, 0.29) is 5.54 Å². The number of hydrogen-bond acceptors (Lipinski definition) is 1. The van der Waals surface area contributed by atoms with E-state index in [0.29, 0.717) is 5.92 Å². The van der Waals surface area contributed by atoms with Gasteiger partial charge in [-0.15, -0.1) is 0 Å². The SMILES string of the molecule is CCCC1CC1(N)c1ccc(Cl)cc1. The second kappa shape index (κ2) is 3.56. The lowest BCUT2D eigenvalue weighted by Gasteiger charge is -2.11. The molecule has 1 aliphatic carbocycles. The third-order valence-corrected chi connectivity index (χ3v) is 3.42. The first-order chi connectivity index (χ1) is 6.66. The highest BCUT2D eigenvalue weighted by molar-refractivity contribution is 6.30. The van der Waals surface area contributed by atoms with Crippen molar-refractivity contribution in [2.45, 2.75) is 31.7 Å². The minimum absolute atomic E-state index is 0.0550. The lowest BCUT2D eigenvalue weighted by Crippen LogP contribution is -2.21. The van der Waals surface area contributed by atoms with Gasteiger partial charge in [0.15, 0.2) is 0 Å². The van der Waals surface area contributed by atoms with E-state index in [2.05, 4.69) is 19.1 Å². The van der Waals surface area contributed by atoms with E-state index in [1.165, 1.54) is 18.4 Å². The van der Waals surface area contributed by atoms with E-state index in [1.807, 2.05) is 12.1 Å². The molecule has 0 saturated heterocycles. The Kier molecular flexibility index (Phi) is 2.54. The zero-order valence-electron chi connectivity index (χ0n) is 8.46. The normalized spacial score (nSPS) is 30.4. The van der Waals surface area contributed by atoms with Crippen LogP contribution in [0.25, 0.3) is 0 Å². The molecule has 0 radical (unpaired) electrons. The van der Waals surface area contributed by atoms with E-state index < -0.39 is 0 Å². The maximum atomic E-state index is 6.31. The monoisotopic (exact) mass is 209 g/mol. The molecule has 2 unspecified atom stereocenters. The van der Waals surface area contributed by atoms with Gasteiger partial charge < -0.3 is 5.73 Å². The number of benzene rings is 1. The predicted octanol–water partition coefficient (Wildman–Crippen LogP) is 3.31. The molecule has 1 saturated carbocycles. The second-order valence-electron chi connectivity index (χ2n) is 4.24. The number of rotatable bonds is 3. The fraction of sp³-hybridized carbons (Fsp3) is 0.500. The van der Waals surface area contributed by atoms with Crippen molar-refractivity contribution in [3.8, 4) is 0 Å². The Morgan fingerprint density at radius 1 is 1.43 bits per heavy atom. The van der Waals surface area contributed by atoms with E-state index in [1.54, 1.807) is 0 Å². The molecule has 76 valence electrons. The van der Waals surface area contributed by atoms with Crippen LogP contribution in [-0.4, -0.2) is 0 Å². The summed E-state index contributed by atoms with van der Waals surface area (Å²) >= 11 is 5.84. The van der Waals surface area contributed by atoms with Crippen molar-refractivity contribution in [2.75, 3.05) is 0 Å². The van der Waals surface area contributed by atoms with Crippen LogP contribution in [0.3, 0.4) is 0 Å². The van der Waals surface area contributed by atoms with E-state index in [9.17, 15) is 0 Å². The van der Waals surface area contributed by atoms with E-state index in [0.717, 1.165) is 11.4 Å². The summed E-state index contributed by atoms with van der Waals surface area (Å²) in [7, 11) is 0. The fourth-order valence-electron chi connectivity index (χ4n) is 2.17. The van der Waals surface area contributed by atoms with E-state index >= 15 is 0 Å². The standard InChI is InChI=1S/C12H16ClN/c1-2-3-10-8-12(10,14)9-4-6-11(13)7-5-9/h4-7,10H,2-3,8,14H2,1H3. The average Bonchev–Trinajstić information content (AvgIpc) is 2.80.